The Morgan fingerprint density at radius 2 is 1.89 bits per heavy atom. The second-order valence-electron chi connectivity index (χ2n) is 3.27. The zero-order valence-electron chi connectivity index (χ0n) is 8.65. The standard InChI is InChI=1S/C10H6Br2ClNO2S2/c11-6-3-1-2-4-8(6)14-18(15,16)9-5-7(13)10(12)17-9/h1-5,14H. The van der Waals surface area contributed by atoms with Crippen molar-refractivity contribution in [1.29, 1.82) is 0 Å². The molecule has 96 valence electrons. The fourth-order valence-electron chi connectivity index (χ4n) is 1.20. The van der Waals surface area contributed by atoms with Crippen LogP contribution in [0, 0.1) is 0 Å². The van der Waals surface area contributed by atoms with E-state index in [0.717, 1.165) is 11.3 Å². The molecule has 2 rings (SSSR count). The third-order valence-corrected chi connectivity index (χ3v) is 7.01. The number of rotatable bonds is 3. The highest BCUT2D eigenvalue weighted by Gasteiger charge is 2.19. The summed E-state index contributed by atoms with van der Waals surface area (Å²) >= 11 is 13.4. The molecule has 1 aromatic carbocycles. The first-order chi connectivity index (χ1) is 8.40. The van der Waals surface area contributed by atoms with E-state index in [-0.39, 0.29) is 4.21 Å². The molecule has 3 nitrogen and oxygen atoms in total. The first kappa shape index (κ1) is 14.3. The van der Waals surface area contributed by atoms with E-state index in [9.17, 15) is 8.42 Å². The zero-order chi connectivity index (χ0) is 13.3. The Bertz CT molecular complexity index is 665. The third-order valence-electron chi connectivity index (χ3n) is 2.01. The lowest BCUT2D eigenvalue weighted by Crippen LogP contribution is -2.11. The van der Waals surface area contributed by atoms with Crippen molar-refractivity contribution in [2.75, 3.05) is 4.72 Å². The number of nitrogens with one attached hydrogen (secondary N) is 1. The third kappa shape index (κ3) is 3.08. The van der Waals surface area contributed by atoms with Crippen molar-refractivity contribution in [3.63, 3.8) is 0 Å². The summed E-state index contributed by atoms with van der Waals surface area (Å²) in [5.74, 6) is 0. The minimum atomic E-state index is -3.61. The van der Waals surface area contributed by atoms with E-state index in [1.807, 2.05) is 0 Å². The second-order valence-corrected chi connectivity index (χ2v) is 8.81. The Kier molecular flexibility index (Phi) is 4.38. The molecule has 0 aliphatic rings. The minimum absolute atomic E-state index is 0.162. The minimum Gasteiger partial charge on any atom is -0.278 e. The Morgan fingerprint density at radius 1 is 1.22 bits per heavy atom. The van der Waals surface area contributed by atoms with Crippen LogP contribution < -0.4 is 4.72 Å². The summed E-state index contributed by atoms with van der Waals surface area (Å²) in [6.07, 6.45) is 0. The maximum Gasteiger partial charge on any atom is 0.271 e. The van der Waals surface area contributed by atoms with Gasteiger partial charge in [-0.1, -0.05) is 23.7 Å². The molecular formula is C10H6Br2ClNO2S2. The van der Waals surface area contributed by atoms with Crippen molar-refractivity contribution in [1.82, 2.24) is 0 Å². The van der Waals surface area contributed by atoms with Gasteiger partial charge in [0.05, 0.1) is 14.5 Å². The molecule has 0 atom stereocenters. The van der Waals surface area contributed by atoms with E-state index in [2.05, 4.69) is 36.6 Å². The highest BCUT2D eigenvalue weighted by Crippen LogP contribution is 2.35. The van der Waals surface area contributed by atoms with Gasteiger partial charge in [-0.3, -0.25) is 4.72 Å². The van der Waals surface area contributed by atoms with E-state index in [1.165, 1.54) is 6.07 Å². The van der Waals surface area contributed by atoms with Crippen LogP contribution in [0.1, 0.15) is 0 Å². The van der Waals surface area contributed by atoms with Crippen molar-refractivity contribution in [2.24, 2.45) is 0 Å². The van der Waals surface area contributed by atoms with E-state index < -0.39 is 10.0 Å². The van der Waals surface area contributed by atoms with Crippen LogP contribution in [0.4, 0.5) is 5.69 Å². The Balaban J connectivity index is 2.36. The molecule has 0 amide bonds. The molecule has 1 N–H and O–H groups in total. The van der Waals surface area contributed by atoms with Gasteiger partial charge in [-0.2, -0.15) is 0 Å². The fourth-order valence-corrected chi connectivity index (χ4v) is 5.19. The maximum absolute atomic E-state index is 12.1. The molecule has 0 bridgehead atoms. The summed E-state index contributed by atoms with van der Waals surface area (Å²) < 4.78 is 28.2. The smallest absolute Gasteiger partial charge is 0.271 e. The highest BCUT2D eigenvalue weighted by atomic mass is 79.9. The number of thiophene rings is 1. The van der Waals surface area contributed by atoms with Gasteiger partial charge in [-0.15, -0.1) is 11.3 Å². The largest absolute Gasteiger partial charge is 0.278 e. The van der Waals surface area contributed by atoms with E-state index in [0.29, 0.717) is 19.0 Å². The number of sulfonamides is 1. The van der Waals surface area contributed by atoms with Gasteiger partial charge in [0.1, 0.15) is 4.21 Å². The van der Waals surface area contributed by atoms with Gasteiger partial charge in [0.15, 0.2) is 0 Å². The summed E-state index contributed by atoms with van der Waals surface area (Å²) in [6.45, 7) is 0. The van der Waals surface area contributed by atoms with Crippen LogP contribution in [0.2, 0.25) is 5.02 Å². The topological polar surface area (TPSA) is 46.2 Å². The molecule has 1 aromatic heterocycles. The van der Waals surface area contributed by atoms with Gasteiger partial charge in [-0.25, -0.2) is 8.42 Å². The Hall–Kier alpha value is -0.0800. The summed E-state index contributed by atoms with van der Waals surface area (Å²) in [6, 6.07) is 8.40. The molecular weight excluding hydrogens is 426 g/mol. The van der Waals surface area contributed by atoms with Crippen molar-refractivity contribution in [2.45, 2.75) is 4.21 Å². The van der Waals surface area contributed by atoms with Crippen LogP contribution in [0.3, 0.4) is 0 Å². The molecule has 1 heterocycles. The van der Waals surface area contributed by atoms with E-state index in [1.54, 1.807) is 24.3 Å². The van der Waals surface area contributed by atoms with Crippen molar-refractivity contribution in [3.05, 3.63) is 43.6 Å². The number of anilines is 1. The lowest BCUT2D eigenvalue weighted by molar-refractivity contribution is 0.603. The first-order valence-corrected chi connectivity index (χ1v) is 8.89. The van der Waals surface area contributed by atoms with Crippen LogP contribution in [0.15, 0.2) is 42.8 Å². The van der Waals surface area contributed by atoms with E-state index >= 15 is 0 Å². The van der Waals surface area contributed by atoms with Gasteiger partial charge in [0.25, 0.3) is 10.0 Å². The van der Waals surface area contributed by atoms with Crippen LogP contribution in [-0.4, -0.2) is 8.42 Å². The average molecular weight is 432 g/mol. The monoisotopic (exact) mass is 429 g/mol. The van der Waals surface area contributed by atoms with Crippen LogP contribution in [0.5, 0.6) is 0 Å². The van der Waals surface area contributed by atoms with Crippen molar-refractivity contribution >= 4 is 70.5 Å². The Labute approximate surface area is 130 Å². The molecule has 2 aromatic rings. The van der Waals surface area contributed by atoms with Crippen LogP contribution in [0.25, 0.3) is 0 Å². The summed E-state index contributed by atoms with van der Waals surface area (Å²) in [4.78, 5) is 0. The van der Waals surface area contributed by atoms with Gasteiger partial charge < -0.3 is 0 Å². The molecule has 0 saturated heterocycles. The molecule has 0 spiro atoms. The molecule has 0 aliphatic carbocycles. The average Bonchev–Trinajstić information content (AvgIpc) is 2.63. The summed E-state index contributed by atoms with van der Waals surface area (Å²) in [7, 11) is -3.61. The lowest BCUT2D eigenvalue weighted by Gasteiger charge is -2.07. The normalized spacial score (nSPS) is 11.5. The van der Waals surface area contributed by atoms with Gasteiger partial charge in [-0.05, 0) is 50.1 Å². The van der Waals surface area contributed by atoms with Gasteiger partial charge in [0.2, 0.25) is 0 Å². The zero-order valence-corrected chi connectivity index (χ0v) is 14.2. The number of hydrogen-bond donors (Lipinski definition) is 1. The molecule has 0 unspecified atom stereocenters. The van der Waals surface area contributed by atoms with Gasteiger partial charge in [0, 0.05) is 4.47 Å². The molecule has 0 fully saturated rings. The quantitative estimate of drug-likeness (QED) is 0.764. The van der Waals surface area contributed by atoms with Gasteiger partial charge >= 0.3 is 0 Å². The van der Waals surface area contributed by atoms with Crippen LogP contribution >= 0.6 is 54.8 Å². The number of benzene rings is 1. The number of halogens is 3. The molecule has 0 saturated carbocycles. The molecule has 0 radical (unpaired) electrons. The number of para-hydroxylation sites is 1. The van der Waals surface area contributed by atoms with Crippen molar-refractivity contribution < 1.29 is 8.42 Å². The number of hydrogen-bond acceptors (Lipinski definition) is 3. The van der Waals surface area contributed by atoms with E-state index in [4.69, 9.17) is 11.6 Å². The van der Waals surface area contributed by atoms with Crippen molar-refractivity contribution in [3.8, 4) is 0 Å². The summed E-state index contributed by atoms with van der Waals surface area (Å²) in [5, 5.41) is 0.382. The Morgan fingerprint density at radius 3 is 2.44 bits per heavy atom. The fraction of sp³-hybridized carbons (Fsp3) is 0. The maximum atomic E-state index is 12.1. The second kappa shape index (κ2) is 5.50. The SMILES string of the molecule is O=S(=O)(Nc1ccccc1Br)c1cc(Cl)c(Br)s1. The highest BCUT2D eigenvalue weighted by molar-refractivity contribution is 9.11. The first-order valence-electron chi connectivity index (χ1n) is 4.62. The summed E-state index contributed by atoms with van der Waals surface area (Å²) in [5.41, 5.74) is 0.484. The predicted molar refractivity (Wildman–Crippen MR) is 82.0 cm³/mol. The molecule has 18 heavy (non-hydrogen) atoms. The predicted octanol–water partition coefficient (Wildman–Crippen LogP) is 4.73. The lowest BCUT2D eigenvalue weighted by atomic mass is 10.3. The van der Waals surface area contributed by atoms with Crippen LogP contribution in [-0.2, 0) is 10.0 Å². The molecule has 0 aliphatic heterocycles. The molecule has 8 heteroatoms.